The van der Waals surface area contributed by atoms with Crippen LogP contribution in [0.2, 0.25) is 0 Å². The minimum Gasteiger partial charge on any atom is -0.352 e. The van der Waals surface area contributed by atoms with Crippen molar-refractivity contribution in [3.8, 4) is 0 Å². The molecule has 1 rings (SSSR count). The van der Waals surface area contributed by atoms with Crippen LogP contribution >= 0.6 is 31.9 Å². The Kier molecular flexibility index (Phi) is 5.28. The molecule has 0 saturated heterocycles. The van der Waals surface area contributed by atoms with Crippen molar-refractivity contribution in [2.75, 3.05) is 13.1 Å². The van der Waals surface area contributed by atoms with Crippen LogP contribution in [0.25, 0.3) is 0 Å². The second kappa shape index (κ2) is 6.25. The third-order valence-corrected chi connectivity index (χ3v) is 3.02. The van der Waals surface area contributed by atoms with Crippen molar-refractivity contribution in [3.63, 3.8) is 0 Å². The van der Waals surface area contributed by atoms with Crippen molar-refractivity contribution in [3.05, 3.63) is 32.7 Å². The molecular formula is C10H12Br2N2O. The smallest absolute Gasteiger partial charge is 0.252 e. The molecule has 15 heavy (non-hydrogen) atoms. The summed E-state index contributed by atoms with van der Waals surface area (Å²) in [7, 11) is 0. The van der Waals surface area contributed by atoms with Gasteiger partial charge in [-0.1, -0.05) is 15.9 Å². The van der Waals surface area contributed by atoms with E-state index in [0.29, 0.717) is 18.7 Å². The minimum absolute atomic E-state index is 0.0865. The van der Waals surface area contributed by atoms with E-state index in [2.05, 4.69) is 37.2 Å². The number of amides is 1. The number of hydrogen-bond donors (Lipinski definition) is 2. The Morgan fingerprint density at radius 3 is 2.80 bits per heavy atom. The van der Waals surface area contributed by atoms with Crippen LogP contribution in [0.3, 0.4) is 0 Å². The van der Waals surface area contributed by atoms with Gasteiger partial charge >= 0.3 is 0 Å². The molecule has 0 spiro atoms. The normalized spacial score (nSPS) is 10.1. The van der Waals surface area contributed by atoms with E-state index < -0.39 is 0 Å². The first-order valence-corrected chi connectivity index (χ1v) is 6.17. The molecular weight excluding hydrogens is 324 g/mol. The third kappa shape index (κ3) is 3.93. The monoisotopic (exact) mass is 334 g/mol. The molecule has 0 aliphatic heterocycles. The van der Waals surface area contributed by atoms with Crippen LogP contribution in [0.15, 0.2) is 27.1 Å². The Morgan fingerprint density at radius 2 is 2.13 bits per heavy atom. The number of nitrogens with one attached hydrogen (secondary N) is 1. The van der Waals surface area contributed by atoms with Crippen molar-refractivity contribution in [1.29, 1.82) is 0 Å². The highest BCUT2D eigenvalue weighted by atomic mass is 79.9. The van der Waals surface area contributed by atoms with Gasteiger partial charge in [0.1, 0.15) is 0 Å². The fourth-order valence-electron chi connectivity index (χ4n) is 1.07. The van der Waals surface area contributed by atoms with Crippen molar-refractivity contribution >= 4 is 37.8 Å². The number of carbonyl (C=O) groups is 1. The Bertz CT molecular complexity index is 355. The van der Waals surface area contributed by atoms with Crippen LogP contribution in [0.1, 0.15) is 16.8 Å². The Labute approximate surface area is 106 Å². The van der Waals surface area contributed by atoms with Crippen LogP contribution in [-0.4, -0.2) is 19.0 Å². The average molecular weight is 336 g/mol. The van der Waals surface area contributed by atoms with Gasteiger partial charge in [0.05, 0.1) is 5.56 Å². The summed E-state index contributed by atoms with van der Waals surface area (Å²) in [6.07, 6.45) is 0.789. The van der Waals surface area contributed by atoms with Crippen molar-refractivity contribution in [1.82, 2.24) is 5.32 Å². The summed E-state index contributed by atoms with van der Waals surface area (Å²) in [4.78, 5) is 11.7. The summed E-state index contributed by atoms with van der Waals surface area (Å²) in [6, 6.07) is 5.49. The van der Waals surface area contributed by atoms with E-state index in [-0.39, 0.29) is 5.91 Å². The molecule has 0 radical (unpaired) electrons. The standard InChI is InChI=1S/C10H12Br2N2O/c11-7-2-3-9(12)8(6-7)10(15)14-5-1-4-13/h2-3,6H,1,4-5,13H2,(H,14,15). The first-order valence-electron chi connectivity index (χ1n) is 4.58. The predicted molar refractivity (Wildman–Crippen MR) is 67.8 cm³/mol. The summed E-state index contributed by atoms with van der Waals surface area (Å²) < 4.78 is 1.67. The zero-order valence-corrected chi connectivity index (χ0v) is 11.3. The second-order valence-electron chi connectivity index (χ2n) is 3.02. The molecule has 0 saturated carbocycles. The molecule has 3 N–H and O–H groups in total. The molecule has 82 valence electrons. The highest BCUT2D eigenvalue weighted by Gasteiger charge is 2.09. The average Bonchev–Trinajstić information content (AvgIpc) is 2.22. The molecule has 0 heterocycles. The molecule has 1 amide bonds. The second-order valence-corrected chi connectivity index (χ2v) is 4.79. The fourth-order valence-corrected chi connectivity index (χ4v) is 1.86. The third-order valence-electron chi connectivity index (χ3n) is 1.84. The molecule has 1 aromatic rings. The first kappa shape index (κ1) is 12.7. The zero-order chi connectivity index (χ0) is 11.3. The van der Waals surface area contributed by atoms with Gasteiger partial charge in [-0.25, -0.2) is 0 Å². The van der Waals surface area contributed by atoms with Gasteiger partial charge in [-0.15, -0.1) is 0 Å². The maximum absolute atomic E-state index is 11.7. The molecule has 5 heteroatoms. The lowest BCUT2D eigenvalue weighted by Crippen LogP contribution is -2.26. The molecule has 1 aromatic carbocycles. The summed E-state index contributed by atoms with van der Waals surface area (Å²) in [5.74, 6) is -0.0865. The topological polar surface area (TPSA) is 55.1 Å². The number of benzene rings is 1. The van der Waals surface area contributed by atoms with E-state index in [1.54, 1.807) is 6.07 Å². The Hall–Kier alpha value is -0.390. The number of halogens is 2. The summed E-state index contributed by atoms with van der Waals surface area (Å²) >= 11 is 6.66. The summed E-state index contributed by atoms with van der Waals surface area (Å²) in [6.45, 7) is 1.19. The molecule has 0 unspecified atom stereocenters. The van der Waals surface area contributed by atoms with Gasteiger partial charge in [0.2, 0.25) is 0 Å². The van der Waals surface area contributed by atoms with E-state index >= 15 is 0 Å². The largest absolute Gasteiger partial charge is 0.352 e. The fraction of sp³-hybridized carbons (Fsp3) is 0.300. The number of hydrogen-bond acceptors (Lipinski definition) is 2. The van der Waals surface area contributed by atoms with Gasteiger partial charge in [0.25, 0.3) is 5.91 Å². The molecule has 0 aliphatic carbocycles. The van der Waals surface area contributed by atoms with Crippen LogP contribution in [0.4, 0.5) is 0 Å². The number of carbonyl (C=O) groups excluding carboxylic acids is 1. The molecule has 0 bridgehead atoms. The Balaban J connectivity index is 2.68. The lowest BCUT2D eigenvalue weighted by atomic mass is 10.2. The maximum Gasteiger partial charge on any atom is 0.252 e. The summed E-state index contributed by atoms with van der Waals surface area (Å²) in [5, 5.41) is 2.80. The lowest BCUT2D eigenvalue weighted by Gasteiger charge is -2.06. The van der Waals surface area contributed by atoms with E-state index in [4.69, 9.17) is 5.73 Å². The molecule has 0 fully saturated rings. The van der Waals surface area contributed by atoms with Crippen LogP contribution in [0.5, 0.6) is 0 Å². The van der Waals surface area contributed by atoms with E-state index in [0.717, 1.165) is 15.4 Å². The van der Waals surface area contributed by atoms with Crippen molar-refractivity contribution in [2.45, 2.75) is 6.42 Å². The number of rotatable bonds is 4. The van der Waals surface area contributed by atoms with Crippen LogP contribution < -0.4 is 11.1 Å². The minimum atomic E-state index is -0.0865. The van der Waals surface area contributed by atoms with E-state index in [1.165, 1.54) is 0 Å². The zero-order valence-electron chi connectivity index (χ0n) is 8.09. The predicted octanol–water partition coefficient (Wildman–Crippen LogP) is 2.29. The number of nitrogens with two attached hydrogens (primary N) is 1. The molecule has 0 aliphatic rings. The van der Waals surface area contributed by atoms with E-state index in [1.807, 2.05) is 12.1 Å². The molecule has 0 aromatic heterocycles. The van der Waals surface area contributed by atoms with Gasteiger partial charge in [-0.05, 0) is 47.1 Å². The quantitative estimate of drug-likeness (QED) is 0.829. The van der Waals surface area contributed by atoms with Crippen molar-refractivity contribution in [2.24, 2.45) is 5.73 Å². The first-order chi connectivity index (χ1) is 7.15. The van der Waals surface area contributed by atoms with Gasteiger partial charge in [0, 0.05) is 15.5 Å². The van der Waals surface area contributed by atoms with Crippen molar-refractivity contribution < 1.29 is 4.79 Å². The molecule has 3 nitrogen and oxygen atoms in total. The highest BCUT2D eigenvalue weighted by molar-refractivity contribution is 9.11. The maximum atomic E-state index is 11.7. The summed E-state index contributed by atoms with van der Waals surface area (Å²) in [5.41, 5.74) is 5.97. The van der Waals surface area contributed by atoms with Gasteiger partial charge < -0.3 is 11.1 Å². The van der Waals surface area contributed by atoms with Crippen LogP contribution in [-0.2, 0) is 0 Å². The van der Waals surface area contributed by atoms with E-state index in [9.17, 15) is 4.79 Å². The lowest BCUT2D eigenvalue weighted by molar-refractivity contribution is 0.0952. The van der Waals surface area contributed by atoms with Crippen LogP contribution in [0, 0.1) is 0 Å². The highest BCUT2D eigenvalue weighted by Crippen LogP contribution is 2.21. The van der Waals surface area contributed by atoms with Gasteiger partial charge in [-0.2, -0.15) is 0 Å². The van der Waals surface area contributed by atoms with Gasteiger partial charge in [0.15, 0.2) is 0 Å². The molecule has 0 atom stereocenters. The van der Waals surface area contributed by atoms with Gasteiger partial charge in [-0.3, -0.25) is 4.79 Å². The SMILES string of the molecule is NCCCNC(=O)c1cc(Br)ccc1Br. The Morgan fingerprint density at radius 1 is 1.40 bits per heavy atom.